The summed E-state index contributed by atoms with van der Waals surface area (Å²) in [6.45, 7) is 0. The van der Waals surface area contributed by atoms with E-state index in [2.05, 4.69) is 15.9 Å². The first-order chi connectivity index (χ1) is 13.4. The van der Waals surface area contributed by atoms with Crippen LogP contribution < -0.4 is 0 Å². The van der Waals surface area contributed by atoms with Crippen molar-refractivity contribution in [3.8, 4) is 11.3 Å². The number of aliphatic carboxylic acids is 1. The van der Waals surface area contributed by atoms with Gasteiger partial charge in [0.05, 0.1) is 4.91 Å². The van der Waals surface area contributed by atoms with E-state index in [1.165, 1.54) is 16.7 Å². The molecule has 2 aromatic rings. The highest BCUT2D eigenvalue weighted by atomic mass is 79.9. The number of thiocarbonyl (C=S) groups is 1. The third kappa shape index (κ3) is 4.71. The van der Waals surface area contributed by atoms with E-state index >= 15 is 0 Å². The molecule has 1 aromatic carbocycles. The second-order valence-corrected chi connectivity index (χ2v) is 9.47. The monoisotopic (exact) mass is 497 g/mol. The maximum absolute atomic E-state index is 12.8. The number of thioether (sulfide) groups is 2. The molecule has 1 atom stereocenters. The zero-order valence-corrected chi connectivity index (χ0v) is 18.8. The molecule has 0 saturated carbocycles. The summed E-state index contributed by atoms with van der Waals surface area (Å²) in [5.41, 5.74) is 0.915. The van der Waals surface area contributed by atoms with Crippen molar-refractivity contribution in [2.45, 2.75) is 12.5 Å². The number of carbonyl (C=O) groups is 2. The van der Waals surface area contributed by atoms with Crippen LogP contribution in [0.4, 0.5) is 0 Å². The molecular weight excluding hydrogens is 482 g/mol. The fraction of sp³-hybridized carbons (Fsp3) is 0.211. The molecule has 1 saturated heterocycles. The average Bonchev–Trinajstić information content (AvgIpc) is 3.22. The number of carboxylic acids is 1. The van der Waals surface area contributed by atoms with Crippen molar-refractivity contribution in [2.75, 3.05) is 12.0 Å². The number of furan rings is 1. The van der Waals surface area contributed by atoms with Gasteiger partial charge in [-0.25, -0.2) is 4.79 Å². The van der Waals surface area contributed by atoms with E-state index in [9.17, 15) is 14.7 Å². The number of carboxylic acid groups (broad SMARTS) is 1. The van der Waals surface area contributed by atoms with Crippen LogP contribution in [0.5, 0.6) is 0 Å². The lowest BCUT2D eigenvalue weighted by Crippen LogP contribution is -2.44. The van der Waals surface area contributed by atoms with Crippen LogP contribution >= 0.6 is 51.7 Å². The summed E-state index contributed by atoms with van der Waals surface area (Å²) < 4.78 is 7.05. The van der Waals surface area contributed by atoms with Gasteiger partial charge in [-0.15, -0.1) is 0 Å². The second kappa shape index (κ2) is 9.30. The fourth-order valence-corrected chi connectivity index (χ4v) is 4.73. The third-order valence-electron chi connectivity index (χ3n) is 4.04. The minimum absolute atomic E-state index is 0.254. The molecular formula is C19H16BrNO4S3. The van der Waals surface area contributed by atoms with Gasteiger partial charge < -0.3 is 9.52 Å². The maximum Gasteiger partial charge on any atom is 0.326 e. The van der Waals surface area contributed by atoms with Crippen LogP contribution in [0.2, 0.25) is 0 Å². The first kappa shape index (κ1) is 21.2. The van der Waals surface area contributed by atoms with Crippen molar-refractivity contribution >= 4 is 73.9 Å². The number of hydrogen-bond donors (Lipinski definition) is 1. The Bertz CT molecular complexity index is 939. The topological polar surface area (TPSA) is 70.8 Å². The normalized spacial score (nSPS) is 16.8. The summed E-state index contributed by atoms with van der Waals surface area (Å²) in [6, 6.07) is 10.3. The molecule has 1 amide bonds. The Morgan fingerprint density at radius 2 is 2.07 bits per heavy atom. The van der Waals surface area contributed by atoms with Crippen LogP contribution in [0.1, 0.15) is 12.2 Å². The largest absolute Gasteiger partial charge is 0.480 e. The van der Waals surface area contributed by atoms with Crippen LogP contribution in [-0.2, 0) is 9.59 Å². The van der Waals surface area contributed by atoms with Gasteiger partial charge in [-0.2, -0.15) is 11.8 Å². The third-order valence-corrected chi connectivity index (χ3v) is 6.55. The van der Waals surface area contributed by atoms with Gasteiger partial charge in [0.25, 0.3) is 5.91 Å². The highest BCUT2D eigenvalue weighted by Crippen LogP contribution is 2.35. The first-order valence-corrected chi connectivity index (χ1v) is 11.7. The van der Waals surface area contributed by atoms with Gasteiger partial charge in [0.15, 0.2) is 0 Å². The zero-order chi connectivity index (χ0) is 20.3. The molecule has 0 unspecified atom stereocenters. The molecule has 1 N–H and O–H groups in total. The summed E-state index contributed by atoms with van der Waals surface area (Å²) in [5.74, 6) is 0.362. The van der Waals surface area contributed by atoms with Crippen molar-refractivity contribution in [3.05, 3.63) is 51.5 Å². The number of benzene rings is 1. The maximum atomic E-state index is 12.8. The number of carbonyl (C=O) groups excluding carboxylic acids is 1. The van der Waals surface area contributed by atoms with E-state index in [1.54, 1.807) is 12.1 Å². The van der Waals surface area contributed by atoms with Crippen molar-refractivity contribution in [1.82, 2.24) is 4.90 Å². The van der Waals surface area contributed by atoms with E-state index in [4.69, 9.17) is 16.6 Å². The van der Waals surface area contributed by atoms with E-state index in [0.29, 0.717) is 28.6 Å². The highest BCUT2D eigenvalue weighted by Gasteiger charge is 2.40. The van der Waals surface area contributed by atoms with E-state index in [-0.39, 0.29) is 4.32 Å². The van der Waals surface area contributed by atoms with Crippen LogP contribution in [0.3, 0.4) is 0 Å². The second-order valence-electron chi connectivity index (χ2n) is 5.90. The number of halogens is 1. The summed E-state index contributed by atoms with van der Waals surface area (Å²) in [6.07, 6.45) is 3.84. The van der Waals surface area contributed by atoms with Crippen LogP contribution in [0.15, 0.2) is 50.2 Å². The number of hydrogen-bond acceptors (Lipinski definition) is 6. The van der Waals surface area contributed by atoms with Gasteiger partial charge in [-0.3, -0.25) is 9.69 Å². The minimum atomic E-state index is -1.05. The van der Waals surface area contributed by atoms with Crippen LogP contribution in [0, 0.1) is 0 Å². The number of rotatable bonds is 7. The Morgan fingerprint density at radius 1 is 1.36 bits per heavy atom. The molecule has 5 nitrogen and oxygen atoms in total. The highest BCUT2D eigenvalue weighted by molar-refractivity contribution is 9.10. The number of amides is 1. The van der Waals surface area contributed by atoms with E-state index < -0.39 is 17.9 Å². The molecule has 1 fully saturated rings. The minimum Gasteiger partial charge on any atom is -0.480 e. The molecule has 9 heteroatoms. The van der Waals surface area contributed by atoms with Gasteiger partial charge in [0, 0.05) is 16.1 Å². The smallest absolute Gasteiger partial charge is 0.326 e. The molecule has 0 radical (unpaired) electrons. The lowest BCUT2D eigenvalue weighted by molar-refractivity contribution is -0.145. The Morgan fingerprint density at radius 3 is 2.71 bits per heavy atom. The van der Waals surface area contributed by atoms with Gasteiger partial charge >= 0.3 is 5.97 Å². The Balaban J connectivity index is 1.82. The summed E-state index contributed by atoms with van der Waals surface area (Å²) in [7, 11) is 0. The fourth-order valence-electron chi connectivity index (χ4n) is 2.67. The van der Waals surface area contributed by atoms with Crippen molar-refractivity contribution < 1.29 is 19.1 Å². The lowest BCUT2D eigenvalue weighted by Gasteiger charge is -2.22. The lowest BCUT2D eigenvalue weighted by atomic mass is 10.2. The summed E-state index contributed by atoms with van der Waals surface area (Å²) in [4.78, 5) is 26.0. The van der Waals surface area contributed by atoms with Gasteiger partial charge in [0.1, 0.15) is 21.9 Å². The van der Waals surface area contributed by atoms with Crippen molar-refractivity contribution in [2.24, 2.45) is 0 Å². The Hall–Kier alpha value is -1.55. The molecule has 0 bridgehead atoms. The first-order valence-electron chi connectivity index (χ1n) is 8.25. The quantitative estimate of drug-likeness (QED) is 0.420. The molecule has 2 heterocycles. The van der Waals surface area contributed by atoms with Crippen molar-refractivity contribution in [1.29, 1.82) is 0 Å². The average molecular weight is 498 g/mol. The van der Waals surface area contributed by atoms with Gasteiger partial charge in [0.2, 0.25) is 0 Å². The van der Waals surface area contributed by atoms with E-state index in [0.717, 1.165) is 21.8 Å². The van der Waals surface area contributed by atoms with E-state index in [1.807, 2.05) is 36.6 Å². The predicted molar refractivity (Wildman–Crippen MR) is 121 cm³/mol. The molecule has 1 aromatic heterocycles. The molecule has 0 spiro atoms. The van der Waals surface area contributed by atoms with Crippen LogP contribution in [0.25, 0.3) is 17.4 Å². The van der Waals surface area contributed by atoms with Crippen LogP contribution in [-0.4, -0.2) is 44.3 Å². The van der Waals surface area contributed by atoms with Gasteiger partial charge in [-0.1, -0.05) is 52.0 Å². The standard InChI is InChI=1S/C19H16BrNO4S3/c1-27-9-8-14(18(23)24)21-17(22)16(28-19(21)26)10-13-6-7-15(25-13)11-2-4-12(20)5-3-11/h2-7,10,14H,8-9H2,1H3,(H,23,24)/b16-10-/t14-/m0/s1. The molecule has 3 rings (SSSR count). The summed E-state index contributed by atoms with van der Waals surface area (Å²) in [5, 5.41) is 9.51. The SMILES string of the molecule is CSCC[C@@H](C(=O)O)N1C(=O)/C(=C/c2ccc(-c3ccc(Br)cc3)o2)SC1=S. The molecule has 1 aliphatic heterocycles. The summed E-state index contributed by atoms with van der Waals surface area (Å²) >= 11 is 11.3. The number of nitrogens with zero attached hydrogens (tertiary/aromatic N) is 1. The molecule has 146 valence electrons. The van der Waals surface area contributed by atoms with Gasteiger partial charge in [-0.05, 0) is 42.7 Å². The zero-order valence-electron chi connectivity index (χ0n) is 14.8. The Labute approximate surface area is 184 Å². The Kier molecular flexibility index (Phi) is 7.03. The molecule has 28 heavy (non-hydrogen) atoms. The molecule has 0 aliphatic carbocycles. The predicted octanol–water partition coefficient (Wildman–Crippen LogP) is 5.12. The van der Waals surface area contributed by atoms with Crippen molar-refractivity contribution in [3.63, 3.8) is 0 Å². The molecule has 1 aliphatic rings.